The Hall–Kier alpha value is -1.59. The van der Waals surface area contributed by atoms with Crippen molar-refractivity contribution in [2.75, 3.05) is 5.32 Å². The van der Waals surface area contributed by atoms with Gasteiger partial charge in [-0.2, -0.15) is 0 Å². The normalized spacial score (nSPS) is 10.6. The summed E-state index contributed by atoms with van der Waals surface area (Å²) in [5.74, 6) is 0.881. The van der Waals surface area contributed by atoms with Crippen LogP contribution in [0.15, 0.2) is 10.7 Å². The van der Waals surface area contributed by atoms with Gasteiger partial charge in [-0.15, -0.1) is 0 Å². The van der Waals surface area contributed by atoms with Crippen molar-refractivity contribution in [1.82, 2.24) is 9.97 Å². The van der Waals surface area contributed by atoms with E-state index in [0.29, 0.717) is 17.1 Å². The Bertz CT molecular complexity index is 632. The molecular weight excluding hydrogens is 289 g/mol. The lowest BCUT2D eigenvalue weighted by molar-refractivity contribution is 0.102. The van der Waals surface area contributed by atoms with Gasteiger partial charge in [-0.05, 0) is 20.8 Å². The lowest BCUT2D eigenvalue weighted by Gasteiger charge is -2.07. The van der Waals surface area contributed by atoms with Crippen molar-refractivity contribution < 1.29 is 9.21 Å². The first-order chi connectivity index (χ1) is 8.91. The van der Waals surface area contributed by atoms with E-state index in [0.717, 1.165) is 5.56 Å². The van der Waals surface area contributed by atoms with Gasteiger partial charge in [0, 0.05) is 5.56 Å². The zero-order chi connectivity index (χ0) is 14.2. The van der Waals surface area contributed by atoms with Gasteiger partial charge in [0.1, 0.15) is 23.5 Å². The van der Waals surface area contributed by atoms with Gasteiger partial charge in [-0.25, -0.2) is 9.97 Å². The second kappa shape index (κ2) is 5.19. The quantitative estimate of drug-likeness (QED) is 0.861. The molecule has 0 aliphatic rings. The van der Waals surface area contributed by atoms with Crippen LogP contribution in [0.2, 0.25) is 10.3 Å². The van der Waals surface area contributed by atoms with E-state index < -0.39 is 0 Å². The molecule has 0 atom stereocenters. The van der Waals surface area contributed by atoms with E-state index in [1.807, 2.05) is 6.92 Å². The summed E-state index contributed by atoms with van der Waals surface area (Å²) in [5.41, 5.74) is 1.43. The molecule has 0 unspecified atom stereocenters. The Morgan fingerprint density at radius 1 is 1.16 bits per heavy atom. The number of aryl methyl sites for hydroxylation is 2. The second-order valence-electron chi connectivity index (χ2n) is 4.00. The minimum atomic E-state index is -0.356. The van der Waals surface area contributed by atoms with Gasteiger partial charge >= 0.3 is 0 Å². The van der Waals surface area contributed by atoms with Crippen molar-refractivity contribution in [2.24, 2.45) is 0 Å². The van der Waals surface area contributed by atoms with E-state index in [4.69, 9.17) is 27.6 Å². The molecule has 5 nitrogen and oxygen atoms in total. The minimum Gasteiger partial charge on any atom is -0.466 e. The molecule has 2 rings (SSSR count). The summed E-state index contributed by atoms with van der Waals surface area (Å²) < 4.78 is 5.41. The molecule has 0 spiro atoms. The molecule has 19 heavy (non-hydrogen) atoms. The summed E-state index contributed by atoms with van der Waals surface area (Å²) in [5, 5.41) is 2.78. The SMILES string of the molecule is Cc1oc(C)c(C(=O)Nc2c(Cl)ncnc2Cl)c1C. The fraction of sp³-hybridized carbons (Fsp3) is 0.250. The molecule has 0 fully saturated rings. The smallest absolute Gasteiger partial charge is 0.259 e. The molecule has 7 heteroatoms. The Morgan fingerprint density at radius 2 is 1.74 bits per heavy atom. The fourth-order valence-electron chi connectivity index (χ4n) is 1.75. The maximum Gasteiger partial charge on any atom is 0.259 e. The summed E-state index contributed by atoms with van der Waals surface area (Å²) in [6.07, 6.45) is 1.22. The number of hydrogen-bond donors (Lipinski definition) is 1. The van der Waals surface area contributed by atoms with Crippen LogP contribution in [0.25, 0.3) is 0 Å². The van der Waals surface area contributed by atoms with Crippen LogP contribution in [0.3, 0.4) is 0 Å². The van der Waals surface area contributed by atoms with Crippen LogP contribution >= 0.6 is 23.2 Å². The van der Waals surface area contributed by atoms with Crippen molar-refractivity contribution >= 4 is 34.8 Å². The monoisotopic (exact) mass is 299 g/mol. The zero-order valence-electron chi connectivity index (χ0n) is 10.5. The number of anilines is 1. The first-order valence-electron chi connectivity index (χ1n) is 5.45. The predicted octanol–water partition coefficient (Wildman–Crippen LogP) is 3.55. The number of furan rings is 1. The van der Waals surface area contributed by atoms with Crippen LogP contribution in [0, 0.1) is 20.8 Å². The van der Waals surface area contributed by atoms with E-state index in [1.165, 1.54) is 6.33 Å². The lowest BCUT2D eigenvalue weighted by Crippen LogP contribution is -2.14. The van der Waals surface area contributed by atoms with Crippen molar-refractivity contribution in [3.05, 3.63) is 39.3 Å². The van der Waals surface area contributed by atoms with Crippen molar-refractivity contribution in [3.8, 4) is 0 Å². The van der Waals surface area contributed by atoms with Gasteiger partial charge in [0.2, 0.25) is 0 Å². The number of halogens is 2. The molecule has 0 bridgehead atoms. The molecule has 0 aliphatic heterocycles. The number of amides is 1. The number of nitrogens with one attached hydrogen (secondary N) is 1. The molecule has 0 saturated heterocycles. The van der Waals surface area contributed by atoms with E-state index >= 15 is 0 Å². The third-order valence-electron chi connectivity index (χ3n) is 2.78. The average molecular weight is 300 g/mol. The van der Waals surface area contributed by atoms with Gasteiger partial charge in [0.05, 0.1) is 5.56 Å². The Balaban J connectivity index is 2.36. The van der Waals surface area contributed by atoms with Gasteiger partial charge in [0.25, 0.3) is 5.91 Å². The topological polar surface area (TPSA) is 68.0 Å². The number of nitrogens with zero attached hydrogens (tertiary/aromatic N) is 2. The molecule has 2 aromatic heterocycles. The van der Waals surface area contributed by atoms with Crippen molar-refractivity contribution in [3.63, 3.8) is 0 Å². The number of carbonyl (C=O) groups excluding carboxylic acids is 1. The third-order valence-corrected chi connectivity index (χ3v) is 3.35. The van der Waals surface area contributed by atoms with Gasteiger partial charge in [-0.3, -0.25) is 4.79 Å². The third kappa shape index (κ3) is 2.57. The predicted molar refractivity (Wildman–Crippen MR) is 72.9 cm³/mol. The van der Waals surface area contributed by atoms with E-state index in [2.05, 4.69) is 15.3 Å². The Kier molecular flexibility index (Phi) is 3.78. The second-order valence-corrected chi connectivity index (χ2v) is 4.71. The van der Waals surface area contributed by atoms with Crippen LogP contribution in [0.1, 0.15) is 27.4 Å². The van der Waals surface area contributed by atoms with Crippen LogP contribution in [0.4, 0.5) is 5.69 Å². The van der Waals surface area contributed by atoms with E-state index in [-0.39, 0.29) is 21.9 Å². The van der Waals surface area contributed by atoms with Gasteiger partial charge < -0.3 is 9.73 Å². The molecule has 1 amide bonds. The summed E-state index contributed by atoms with van der Waals surface area (Å²) in [4.78, 5) is 19.8. The molecule has 2 heterocycles. The Morgan fingerprint density at radius 3 is 2.21 bits per heavy atom. The molecule has 100 valence electrons. The fourth-order valence-corrected chi connectivity index (χ4v) is 2.16. The lowest BCUT2D eigenvalue weighted by atomic mass is 10.1. The summed E-state index contributed by atoms with van der Waals surface area (Å²) in [6, 6.07) is 0. The van der Waals surface area contributed by atoms with Crippen LogP contribution in [0.5, 0.6) is 0 Å². The average Bonchev–Trinajstić information content (AvgIpc) is 2.58. The number of aromatic nitrogens is 2. The first-order valence-corrected chi connectivity index (χ1v) is 6.21. The van der Waals surface area contributed by atoms with E-state index in [9.17, 15) is 4.79 Å². The number of carbonyl (C=O) groups is 1. The summed E-state index contributed by atoms with van der Waals surface area (Å²) in [6.45, 7) is 5.33. The molecular formula is C12H11Cl2N3O2. The molecule has 0 aromatic carbocycles. The Labute approximate surface area is 119 Å². The van der Waals surface area contributed by atoms with Crippen LogP contribution in [-0.2, 0) is 0 Å². The molecule has 0 radical (unpaired) electrons. The number of rotatable bonds is 2. The van der Waals surface area contributed by atoms with Crippen molar-refractivity contribution in [2.45, 2.75) is 20.8 Å². The molecule has 2 aromatic rings. The first kappa shape index (κ1) is 13.8. The highest BCUT2D eigenvalue weighted by Gasteiger charge is 2.20. The maximum absolute atomic E-state index is 12.2. The highest BCUT2D eigenvalue weighted by molar-refractivity contribution is 6.38. The van der Waals surface area contributed by atoms with Gasteiger partial charge in [0.15, 0.2) is 10.3 Å². The summed E-state index contributed by atoms with van der Waals surface area (Å²) >= 11 is 11.7. The molecule has 0 saturated carbocycles. The maximum atomic E-state index is 12.2. The highest BCUT2D eigenvalue weighted by Crippen LogP contribution is 2.28. The molecule has 1 N–H and O–H groups in total. The minimum absolute atomic E-state index is 0.0869. The largest absolute Gasteiger partial charge is 0.466 e. The van der Waals surface area contributed by atoms with Crippen LogP contribution < -0.4 is 5.32 Å². The van der Waals surface area contributed by atoms with Crippen molar-refractivity contribution in [1.29, 1.82) is 0 Å². The standard InChI is InChI=1S/C12H11Cl2N3O2/c1-5-6(2)19-7(3)8(5)12(18)17-9-10(13)15-4-16-11(9)14/h4H,1-3H3,(H,17,18). The number of hydrogen-bond acceptors (Lipinski definition) is 4. The van der Waals surface area contributed by atoms with Crippen LogP contribution in [-0.4, -0.2) is 15.9 Å². The summed E-state index contributed by atoms with van der Waals surface area (Å²) in [7, 11) is 0. The molecule has 0 aliphatic carbocycles. The zero-order valence-corrected chi connectivity index (χ0v) is 12.1. The highest BCUT2D eigenvalue weighted by atomic mass is 35.5. The van der Waals surface area contributed by atoms with Gasteiger partial charge in [-0.1, -0.05) is 23.2 Å². The van der Waals surface area contributed by atoms with E-state index in [1.54, 1.807) is 13.8 Å².